The molecule has 1 aromatic heterocycles. The Hall–Kier alpha value is -6.70. The zero-order chi connectivity index (χ0) is 65.7. The van der Waals surface area contributed by atoms with Crippen LogP contribution in [0.15, 0.2) is 128 Å². The van der Waals surface area contributed by atoms with Crippen LogP contribution in [0.4, 0.5) is 105 Å². The first-order valence-electron chi connectivity index (χ1n) is 27.6. The van der Waals surface area contributed by atoms with E-state index in [0.29, 0.717) is 0 Å². The van der Waals surface area contributed by atoms with Gasteiger partial charge in [-0.3, -0.25) is 0 Å². The third-order valence-electron chi connectivity index (χ3n) is 14.4. The third kappa shape index (κ3) is 20.7. The number of benzene rings is 5. The van der Waals surface area contributed by atoms with Crippen LogP contribution < -0.4 is 26.4 Å². The van der Waals surface area contributed by atoms with Crippen LogP contribution >= 0.6 is 0 Å². The van der Waals surface area contributed by atoms with Crippen molar-refractivity contribution >= 4 is 34.1 Å². The highest BCUT2D eigenvalue weighted by atomic mass is 19.4. The maximum absolute atomic E-state index is 14.2. The number of rotatable bonds is 22. The second-order valence-corrected chi connectivity index (χ2v) is 21.1. The lowest BCUT2D eigenvalue weighted by Crippen LogP contribution is -2.75. The van der Waals surface area contributed by atoms with Gasteiger partial charge in [0.2, 0.25) is 0 Å². The third-order valence-corrected chi connectivity index (χ3v) is 14.4. The molecule has 6 rings (SSSR count). The van der Waals surface area contributed by atoms with Crippen molar-refractivity contribution in [1.29, 1.82) is 0 Å². The van der Waals surface area contributed by atoms with Gasteiger partial charge in [-0.25, -0.2) is 4.98 Å². The first-order valence-corrected chi connectivity index (χ1v) is 27.6. The zero-order valence-electron chi connectivity index (χ0n) is 46.6. The lowest BCUT2D eigenvalue weighted by Gasteiger charge is -2.46. The van der Waals surface area contributed by atoms with Gasteiger partial charge in [-0.2, -0.15) is 132 Å². The molecule has 0 atom stereocenters. The number of unbranched alkanes of at least 4 members (excludes halogenated alkanes) is 14. The van der Waals surface area contributed by atoms with E-state index in [0.717, 1.165) is 18.7 Å². The minimum absolute atomic E-state index is 0.691. The van der Waals surface area contributed by atoms with Gasteiger partial charge >= 0.3 is 49.4 Å². The molecule has 0 aliphatic carbocycles. The summed E-state index contributed by atoms with van der Waals surface area (Å²) >= 11 is 0. The molecule has 0 fully saturated rings. The van der Waals surface area contributed by atoms with Crippen LogP contribution in [0.1, 0.15) is 159 Å². The van der Waals surface area contributed by atoms with E-state index in [4.69, 9.17) is 0 Å². The van der Waals surface area contributed by atoms with E-state index in [1.807, 2.05) is 12.4 Å². The summed E-state index contributed by atoms with van der Waals surface area (Å²) < 4.78 is 343. The molecule has 482 valence electrons. The first kappa shape index (κ1) is 72.1. The summed E-state index contributed by atoms with van der Waals surface area (Å²) in [4.78, 5) is 4.48. The van der Waals surface area contributed by atoms with Gasteiger partial charge in [0.1, 0.15) is 11.8 Å². The molecule has 5 aromatic carbocycles. The van der Waals surface area contributed by atoms with Crippen molar-refractivity contribution in [2.75, 3.05) is 0 Å². The Morgan fingerprint density at radius 1 is 0.364 bits per heavy atom. The summed E-state index contributed by atoms with van der Waals surface area (Å²) in [7, 11) is 0. The minimum atomic E-state index is -6.13. The Bertz CT molecular complexity index is 2780. The van der Waals surface area contributed by atoms with Crippen LogP contribution in [-0.2, 0) is 56.0 Å². The molecule has 0 radical (unpaired) electrons. The standard InChI is InChI=1S/C32H12BF24.C29H45N2/c34-25(35,36)13-1-14(26(37,38)39)6-21(5-13)33(22-7-15(27(40,41)42)2-16(8-22)28(43,44)45,23-9-17(29(46,47)48)3-18(10-23)30(49,50)51)24-11-19(31(52,53)54)4-20(12-24)32(55,56)57;1-2-3-4-5-6-7-8-9-10-11-12-13-14-15-16-20-23-29-27-31(25-24-30-29)26-28-21-18-17-19-22-28/h1-12H;17-25,27H,2-16,26H2,1H3/q-1;+1. The highest BCUT2D eigenvalue weighted by Gasteiger charge is 2.47. The van der Waals surface area contributed by atoms with Crippen LogP contribution in [0.3, 0.4) is 0 Å². The van der Waals surface area contributed by atoms with Crippen LogP contribution in [0.25, 0.3) is 6.08 Å². The van der Waals surface area contributed by atoms with E-state index in [9.17, 15) is 105 Å². The first-order chi connectivity index (χ1) is 40.6. The molecular formula is C61H57BF24N2. The number of hydrogen-bond donors (Lipinski definition) is 0. The van der Waals surface area contributed by atoms with Gasteiger partial charge in [0.25, 0.3) is 0 Å². The van der Waals surface area contributed by atoms with Crippen LogP contribution in [0.2, 0.25) is 0 Å². The molecule has 88 heavy (non-hydrogen) atoms. The summed E-state index contributed by atoms with van der Waals surface area (Å²) in [6, 6.07) is 1.77. The maximum Gasteiger partial charge on any atom is 0.416 e. The van der Waals surface area contributed by atoms with E-state index >= 15 is 0 Å². The Labute approximate surface area is 490 Å². The van der Waals surface area contributed by atoms with E-state index in [-0.39, 0.29) is 0 Å². The van der Waals surface area contributed by atoms with Crippen LogP contribution in [0, 0.1) is 0 Å². The summed E-state index contributed by atoms with van der Waals surface area (Å²) in [5.41, 5.74) is -27.8. The van der Waals surface area contributed by atoms with E-state index < -0.39 is 195 Å². The number of halogens is 24. The van der Waals surface area contributed by atoms with Crippen molar-refractivity contribution in [1.82, 2.24) is 4.98 Å². The molecule has 0 unspecified atom stereocenters. The lowest BCUT2D eigenvalue weighted by atomic mass is 9.12. The number of allylic oxidation sites excluding steroid dienone is 1. The van der Waals surface area contributed by atoms with Gasteiger partial charge in [0.15, 0.2) is 18.9 Å². The molecule has 0 amide bonds. The molecule has 6 aromatic rings. The Kier molecular flexibility index (Phi) is 24.0. The summed E-state index contributed by atoms with van der Waals surface area (Å²) in [5, 5.41) is 0. The van der Waals surface area contributed by atoms with Gasteiger partial charge in [0, 0.05) is 5.56 Å². The summed E-state index contributed by atoms with van der Waals surface area (Å²) in [6.45, 7) is 3.18. The molecule has 0 bridgehead atoms. The van der Waals surface area contributed by atoms with Crippen molar-refractivity contribution in [2.24, 2.45) is 0 Å². The van der Waals surface area contributed by atoms with Crippen LogP contribution in [0.5, 0.6) is 0 Å². The Morgan fingerprint density at radius 2 is 0.636 bits per heavy atom. The second kappa shape index (κ2) is 29.3. The highest BCUT2D eigenvalue weighted by Crippen LogP contribution is 2.41. The smallest absolute Gasteiger partial charge is 0.244 e. The predicted molar refractivity (Wildman–Crippen MR) is 284 cm³/mol. The fourth-order valence-electron chi connectivity index (χ4n) is 10.2. The van der Waals surface area contributed by atoms with Crippen molar-refractivity contribution < 1.29 is 110 Å². The average Bonchev–Trinajstić information content (AvgIpc) is 0.794. The molecule has 0 aliphatic rings. The number of aromatic nitrogens is 2. The zero-order valence-corrected chi connectivity index (χ0v) is 46.6. The molecule has 0 spiro atoms. The molecular weight excluding hydrogens is 1230 g/mol. The van der Waals surface area contributed by atoms with E-state index in [1.54, 1.807) is 0 Å². The number of alkyl halides is 24. The fourth-order valence-corrected chi connectivity index (χ4v) is 10.2. The van der Waals surface area contributed by atoms with Gasteiger partial charge in [-0.05, 0) is 43.2 Å². The van der Waals surface area contributed by atoms with Crippen molar-refractivity contribution in [3.05, 3.63) is 184 Å². The molecule has 0 saturated carbocycles. The molecule has 0 aliphatic heterocycles. The monoisotopic (exact) mass is 1280 g/mol. The van der Waals surface area contributed by atoms with Gasteiger partial charge in [0.05, 0.1) is 50.7 Å². The van der Waals surface area contributed by atoms with Crippen molar-refractivity contribution in [3.63, 3.8) is 0 Å². The van der Waals surface area contributed by atoms with Gasteiger partial charge in [-0.1, -0.05) is 175 Å². The topological polar surface area (TPSA) is 16.8 Å². The maximum atomic E-state index is 14.2. The second-order valence-electron chi connectivity index (χ2n) is 21.1. The average molecular weight is 1280 g/mol. The summed E-state index contributed by atoms with van der Waals surface area (Å²) in [5.74, 6) is 0. The van der Waals surface area contributed by atoms with Gasteiger partial charge < -0.3 is 0 Å². The van der Waals surface area contributed by atoms with Crippen molar-refractivity contribution in [3.8, 4) is 0 Å². The number of nitrogens with zero attached hydrogens (tertiary/aromatic N) is 2. The Morgan fingerprint density at radius 3 is 0.909 bits per heavy atom. The molecule has 2 nitrogen and oxygen atoms in total. The quantitative estimate of drug-likeness (QED) is 0.0286. The van der Waals surface area contributed by atoms with E-state index in [2.05, 4.69) is 65.2 Å². The van der Waals surface area contributed by atoms with E-state index in [1.165, 1.54) is 95.5 Å². The van der Waals surface area contributed by atoms with Crippen molar-refractivity contribution in [2.45, 2.75) is 159 Å². The molecule has 1 heterocycles. The minimum Gasteiger partial charge on any atom is -0.244 e. The molecule has 27 heteroatoms. The Balaban J connectivity index is 0.000000383. The molecule has 0 N–H and O–H groups in total. The SMILES string of the molecule is CCCCCCCCCCCCCCCCC=Cc1c[n+](Cc2ccccc2)ccn1.FC(F)(F)c1cc([B-](c2cc(C(F)(F)F)cc(C(F)(F)F)c2)(c2cc(C(F)(F)F)cc(C(F)(F)F)c2)c2cc(C(F)(F)F)cc(C(F)(F)F)c2)cc(C(F)(F)F)c1. The normalized spacial score (nSPS) is 13.3. The molecule has 0 saturated heterocycles. The summed E-state index contributed by atoms with van der Waals surface area (Å²) in [6.07, 6.45) is -23.3. The predicted octanol–water partition coefficient (Wildman–Crippen LogP) is 19.5. The number of hydrogen-bond acceptors (Lipinski definition) is 1. The largest absolute Gasteiger partial charge is 0.416 e. The highest BCUT2D eigenvalue weighted by molar-refractivity contribution is 7.20. The fraction of sp³-hybridized carbons (Fsp3) is 0.410. The van der Waals surface area contributed by atoms with Crippen LogP contribution in [-0.4, -0.2) is 11.1 Å². The lowest BCUT2D eigenvalue weighted by molar-refractivity contribution is -0.689. The van der Waals surface area contributed by atoms with Gasteiger partial charge in [-0.15, -0.1) is 0 Å².